The van der Waals surface area contributed by atoms with Crippen LogP contribution in [0.25, 0.3) is 5.57 Å². The minimum Gasteiger partial charge on any atom is -0.504 e. The molecule has 0 aromatic heterocycles. The van der Waals surface area contributed by atoms with E-state index in [1.54, 1.807) is 6.07 Å². The van der Waals surface area contributed by atoms with Crippen molar-refractivity contribution in [3.05, 3.63) is 65.2 Å². The number of hydrogen-bond acceptors (Lipinski definition) is 4. The maximum Gasteiger partial charge on any atom is 0.157 e. The molecule has 0 heterocycles. The Labute approximate surface area is 148 Å². The standard InChI is InChI=1S/C21H25NO3/c1-14(11-16-7-4-6-15-5-2-3-8-18(15)16)22-13-21(25)17-9-10-19(23)20(24)12-17/h2-3,5,7-10,12,14,21-25H,4,6,11,13H2,1H3. The second-order valence-electron chi connectivity index (χ2n) is 6.70. The van der Waals surface area contributed by atoms with Crippen molar-refractivity contribution >= 4 is 5.57 Å². The van der Waals surface area contributed by atoms with Crippen molar-refractivity contribution in [2.75, 3.05) is 6.54 Å². The lowest BCUT2D eigenvalue weighted by Crippen LogP contribution is -2.30. The molecule has 2 atom stereocenters. The zero-order valence-corrected chi connectivity index (χ0v) is 14.4. The molecule has 1 aliphatic rings. The van der Waals surface area contributed by atoms with Crippen LogP contribution in [0.2, 0.25) is 0 Å². The number of aryl methyl sites for hydroxylation is 1. The van der Waals surface area contributed by atoms with Crippen LogP contribution in [0.1, 0.15) is 42.6 Å². The van der Waals surface area contributed by atoms with Crippen molar-refractivity contribution in [1.82, 2.24) is 5.32 Å². The molecule has 0 amide bonds. The van der Waals surface area contributed by atoms with Gasteiger partial charge in [0.25, 0.3) is 0 Å². The molecule has 0 aliphatic heterocycles. The molecular weight excluding hydrogens is 314 g/mol. The Morgan fingerprint density at radius 1 is 1.08 bits per heavy atom. The molecule has 0 spiro atoms. The van der Waals surface area contributed by atoms with Crippen LogP contribution in [0.15, 0.2) is 48.5 Å². The lowest BCUT2D eigenvalue weighted by molar-refractivity contribution is 0.170. The smallest absolute Gasteiger partial charge is 0.157 e. The number of nitrogens with one attached hydrogen (secondary N) is 1. The quantitative estimate of drug-likeness (QED) is 0.608. The second kappa shape index (κ2) is 7.72. The molecule has 1 aliphatic carbocycles. The van der Waals surface area contributed by atoms with Crippen molar-refractivity contribution in [1.29, 1.82) is 0 Å². The minimum absolute atomic E-state index is 0.180. The number of phenolic OH excluding ortho intramolecular Hbond substituents is 2. The van der Waals surface area contributed by atoms with Crippen LogP contribution in [-0.2, 0) is 6.42 Å². The molecule has 4 heteroatoms. The normalized spacial score (nSPS) is 16.0. The highest BCUT2D eigenvalue weighted by Crippen LogP contribution is 2.30. The monoisotopic (exact) mass is 339 g/mol. The lowest BCUT2D eigenvalue weighted by atomic mass is 9.88. The molecular formula is C21H25NO3. The Bertz CT molecular complexity index is 769. The average Bonchev–Trinajstić information content (AvgIpc) is 2.62. The highest BCUT2D eigenvalue weighted by Gasteiger charge is 2.16. The number of phenols is 2. The van der Waals surface area contributed by atoms with E-state index in [0.29, 0.717) is 12.1 Å². The SMILES string of the molecule is CC(CC1=CCCc2ccccc21)NCC(O)c1ccc(O)c(O)c1. The largest absolute Gasteiger partial charge is 0.504 e. The number of benzene rings is 2. The summed E-state index contributed by atoms with van der Waals surface area (Å²) < 4.78 is 0. The van der Waals surface area contributed by atoms with Crippen LogP contribution in [-0.4, -0.2) is 27.9 Å². The lowest BCUT2D eigenvalue weighted by Gasteiger charge is -2.22. The highest BCUT2D eigenvalue weighted by molar-refractivity contribution is 5.70. The van der Waals surface area contributed by atoms with Gasteiger partial charge >= 0.3 is 0 Å². The van der Waals surface area contributed by atoms with Gasteiger partial charge in [0.2, 0.25) is 0 Å². The van der Waals surface area contributed by atoms with Gasteiger partial charge in [0.1, 0.15) is 0 Å². The van der Waals surface area contributed by atoms with Gasteiger partial charge in [-0.3, -0.25) is 0 Å². The Kier molecular flexibility index (Phi) is 5.41. The van der Waals surface area contributed by atoms with Gasteiger partial charge in [-0.15, -0.1) is 0 Å². The summed E-state index contributed by atoms with van der Waals surface area (Å²) in [4.78, 5) is 0. The first-order valence-corrected chi connectivity index (χ1v) is 8.75. The van der Waals surface area contributed by atoms with E-state index >= 15 is 0 Å². The van der Waals surface area contributed by atoms with Crippen LogP contribution in [0.3, 0.4) is 0 Å². The molecule has 132 valence electrons. The first-order valence-electron chi connectivity index (χ1n) is 8.75. The number of fused-ring (bicyclic) bond motifs is 1. The minimum atomic E-state index is -0.735. The molecule has 0 saturated heterocycles. The molecule has 0 fully saturated rings. The summed E-state index contributed by atoms with van der Waals surface area (Å²) in [6.45, 7) is 2.50. The van der Waals surface area contributed by atoms with Gasteiger partial charge < -0.3 is 20.6 Å². The third-order valence-electron chi connectivity index (χ3n) is 4.74. The van der Waals surface area contributed by atoms with Crippen LogP contribution in [0.4, 0.5) is 0 Å². The fourth-order valence-corrected chi connectivity index (χ4v) is 3.34. The predicted molar refractivity (Wildman–Crippen MR) is 99.6 cm³/mol. The third-order valence-corrected chi connectivity index (χ3v) is 4.74. The Balaban J connectivity index is 1.57. The molecule has 4 N–H and O–H groups in total. The summed E-state index contributed by atoms with van der Waals surface area (Å²) in [5.41, 5.74) is 4.69. The summed E-state index contributed by atoms with van der Waals surface area (Å²) in [6, 6.07) is 13.2. The molecule has 0 saturated carbocycles. The topological polar surface area (TPSA) is 72.7 Å². The summed E-state index contributed by atoms with van der Waals surface area (Å²) in [6.07, 6.45) is 4.67. The first-order chi connectivity index (χ1) is 12.0. The molecule has 0 radical (unpaired) electrons. The van der Waals surface area contributed by atoms with Gasteiger partial charge in [-0.25, -0.2) is 0 Å². The van der Waals surface area contributed by atoms with Gasteiger partial charge in [-0.05, 0) is 60.6 Å². The Morgan fingerprint density at radius 3 is 2.68 bits per heavy atom. The van der Waals surface area contributed by atoms with E-state index in [2.05, 4.69) is 42.6 Å². The van der Waals surface area contributed by atoms with Gasteiger partial charge in [0.15, 0.2) is 11.5 Å². The van der Waals surface area contributed by atoms with E-state index in [4.69, 9.17) is 0 Å². The van der Waals surface area contributed by atoms with Crippen LogP contribution in [0, 0.1) is 0 Å². The van der Waals surface area contributed by atoms with Crippen molar-refractivity contribution in [3.63, 3.8) is 0 Å². The number of hydrogen-bond donors (Lipinski definition) is 4. The van der Waals surface area contributed by atoms with Crippen molar-refractivity contribution in [2.45, 2.75) is 38.3 Å². The van der Waals surface area contributed by atoms with Crippen LogP contribution < -0.4 is 5.32 Å². The van der Waals surface area contributed by atoms with E-state index in [1.165, 1.54) is 28.8 Å². The summed E-state index contributed by atoms with van der Waals surface area (Å²) in [5.74, 6) is -0.395. The molecule has 25 heavy (non-hydrogen) atoms. The molecule has 3 rings (SSSR count). The van der Waals surface area contributed by atoms with Crippen LogP contribution >= 0.6 is 0 Å². The number of aliphatic hydroxyl groups is 1. The zero-order chi connectivity index (χ0) is 17.8. The number of aliphatic hydroxyl groups excluding tert-OH is 1. The first kappa shape index (κ1) is 17.5. The maximum atomic E-state index is 10.3. The fraction of sp³-hybridized carbons (Fsp3) is 0.333. The van der Waals surface area contributed by atoms with Gasteiger partial charge in [0.05, 0.1) is 6.10 Å². The van der Waals surface area contributed by atoms with Gasteiger partial charge in [-0.1, -0.05) is 36.4 Å². The average molecular weight is 339 g/mol. The number of aromatic hydroxyl groups is 2. The molecule has 2 unspecified atom stereocenters. The molecule has 0 bridgehead atoms. The predicted octanol–water partition coefficient (Wildman–Crippen LogP) is 3.53. The van der Waals surface area contributed by atoms with Gasteiger partial charge in [-0.2, -0.15) is 0 Å². The number of allylic oxidation sites excluding steroid dienone is 1. The highest BCUT2D eigenvalue weighted by atomic mass is 16.3. The number of rotatable bonds is 6. The molecule has 2 aromatic carbocycles. The van der Waals surface area contributed by atoms with E-state index < -0.39 is 6.10 Å². The summed E-state index contributed by atoms with van der Waals surface area (Å²) in [5, 5.41) is 32.5. The maximum absolute atomic E-state index is 10.3. The van der Waals surface area contributed by atoms with Crippen LogP contribution in [0.5, 0.6) is 11.5 Å². The van der Waals surface area contributed by atoms with Crippen molar-refractivity contribution in [2.24, 2.45) is 0 Å². The van der Waals surface area contributed by atoms with E-state index in [-0.39, 0.29) is 17.5 Å². The summed E-state index contributed by atoms with van der Waals surface area (Å²) >= 11 is 0. The van der Waals surface area contributed by atoms with Crippen molar-refractivity contribution < 1.29 is 15.3 Å². The third kappa shape index (κ3) is 4.21. The van der Waals surface area contributed by atoms with E-state index in [0.717, 1.165) is 19.3 Å². The molecule has 4 nitrogen and oxygen atoms in total. The van der Waals surface area contributed by atoms with Crippen molar-refractivity contribution in [3.8, 4) is 11.5 Å². The van der Waals surface area contributed by atoms with Gasteiger partial charge in [0, 0.05) is 12.6 Å². The Hall–Kier alpha value is -2.30. The second-order valence-corrected chi connectivity index (χ2v) is 6.70. The summed E-state index contributed by atoms with van der Waals surface area (Å²) in [7, 11) is 0. The fourth-order valence-electron chi connectivity index (χ4n) is 3.34. The van der Waals surface area contributed by atoms with E-state index in [9.17, 15) is 15.3 Å². The Morgan fingerprint density at radius 2 is 1.88 bits per heavy atom. The molecule has 2 aromatic rings. The van der Waals surface area contributed by atoms with E-state index in [1.807, 2.05) is 0 Å². The zero-order valence-electron chi connectivity index (χ0n) is 14.4.